The normalized spacial score (nSPS) is 47.7. The molecule has 0 bridgehead atoms. The number of rotatable bonds is 3. The summed E-state index contributed by atoms with van der Waals surface area (Å²) in [6.45, 7) is 9.87. The predicted molar refractivity (Wildman–Crippen MR) is 125 cm³/mol. The predicted octanol–water partition coefficient (Wildman–Crippen LogP) is 0.889. The van der Waals surface area contributed by atoms with Gasteiger partial charge in [-0.15, -0.1) is 0 Å². The van der Waals surface area contributed by atoms with Crippen LogP contribution in [0.4, 0.5) is 0 Å². The molecular weight excluding hydrogens is 488 g/mol. The van der Waals surface area contributed by atoms with E-state index in [0.29, 0.717) is 5.57 Å². The van der Waals surface area contributed by atoms with Gasteiger partial charge in [-0.1, -0.05) is 24.6 Å². The van der Waals surface area contributed by atoms with Gasteiger partial charge in [-0.2, -0.15) is 0 Å². The van der Waals surface area contributed by atoms with Gasteiger partial charge in [0.15, 0.2) is 17.3 Å². The zero-order valence-electron chi connectivity index (χ0n) is 22.0. The molecule has 2 aliphatic heterocycles. The Labute approximate surface area is 214 Å². The van der Waals surface area contributed by atoms with Gasteiger partial charge in [-0.3, -0.25) is 14.4 Å². The number of carbonyl (C=O) groups is 4. The van der Waals surface area contributed by atoms with Crippen LogP contribution in [0.1, 0.15) is 54.9 Å². The molecule has 2 aliphatic carbocycles. The van der Waals surface area contributed by atoms with Crippen molar-refractivity contribution in [2.45, 2.75) is 102 Å². The largest absolute Gasteiger partial charge is 0.459 e. The minimum atomic E-state index is -1.99. The summed E-state index contributed by atoms with van der Waals surface area (Å²) in [4.78, 5) is 49.9. The molecule has 0 amide bonds. The molecule has 0 aromatic heterocycles. The van der Waals surface area contributed by atoms with Gasteiger partial charge in [0.2, 0.25) is 0 Å². The van der Waals surface area contributed by atoms with E-state index in [4.69, 9.17) is 23.7 Å². The highest BCUT2D eigenvalue weighted by Gasteiger charge is 2.87. The molecule has 1 spiro atoms. The molecule has 11 nitrogen and oxygen atoms in total. The van der Waals surface area contributed by atoms with E-state index >= 15 is 0 Å². The highest BCUT2D eigenvalue weighted by atomic mass is 16.7. The van der Waals surface area contributed by atoms with Gasteiger partial charge < -0.3 is 33.9 Å². The van der Waals surface area contributed by atoms with Gasteiger partial charge in [0.25, 0.3) is 0 Å². The van der Waals surface area contributed by atoms with E-state index in [-0.39, 0.29) is 6.42 Å². The molecule has 0 unspecified atom stereocenters. The average molecular weight is 523 g/mol. The average Bonchev–Trinajstić information content (AvgIpc) is 3.34. The summed E-state index contributed by atoms with van der Waals surface area (Å²) >= 11 is 0. The van der Waals surface area contributed by atoms with Crippen LogP contribution < -0.4 is 0 Å². The van der Waals surface area contributed by atoms with Crippen molar-refractivity contribution in [3.63, 3.8) is 0 Å². The van der Waals surface area contributed by atoms with Gasteiger partial charge >= 0.3 is 23.9 Å². The van der Waals surface area contributed by atoms with Crippen molar-refractivity contribution in [3.8, 4) is 0 Å². The van der Waals surface area contributed by atoms with Crippen LogP contribution in [0, 0.1) is 11.3 Å². The summed E-state index contributed by atoms with van der Waals surface area (Å²) in [7, 11) is 0. The van der Waals surface area contributed by atoms with Crippen molar-refractivity contribution in [1.82, 2.24) is 0 Å². The van der Waals surface area contributed by atoms with Crippen molar-refractivity contribution in [1.29, 1.82) is 0 Å². The highest BCUT2D eigenvalue weighted by Crippen LogP contribution is 2.65. The third-order valence-electron chi connectivity index (χ3n) is 8.20. The highest BCUT2D eigenvalue weighted by molar-refractivity contribution is 5.89. The first kappa shape index (κ1) is 27.3. The molecule has 11 heteroatoms. The standard InChI is InChI=1S/C26H34O11/c1-12-10-16(33-13(2)27)20(34-14(3)28)23(5)9-8-17(30)24(6,32)19(23)21(35-15(4)29)26-18(11-12)36-22(31)25(26,7)37-26/h8-9,11,16-21,30,32H,10H2,1-7H3/b12-11-/t16-,17-,18+,19-,20+,21+,23+,24-,25+,26+/m1/s1. The number of epoxide rings is 1. The molecule has 37 heavy (non-hydrogen) atoms. The second-order valence-corrected chi connectivity index (χ2v) is 11.1. The maximum absolute atomic E-state index is 12.9. The van der Waals surface area contributed by atoms with E-state index in [1.165, 1.54) is 40.7 Å². The lowest BCUT2D eigenvalue weighted by atomic mass is 9.55. The molecule has 0 saturated carbocycles. The zero-order chi connectivity index (χ0) is 27.7. The molecule has 204 valence electrons. The molecule has 2 heterocycles. The first-order valence-corrected chi connectivity index (χ1v) is 12.2. The van der Waals surface area contributed by atoms with Crippen LogP contribution in [-0.4, -0.2) is 81.4 Å². The first-order valence-electron chi connectivity index (χ1n) is 12.2. The second kappa shape index (κ2) is 8.64. The summed E-state index contributed by atoms with van der Waals surface area (Å²) in [6, 6.07) is 0. The number of aliphatic hydroxyl groups is 2. The second-order valence-electron chi connectivity index (χ2n) is 11.1. The van der Waals surface area contributed by atoms with Crippen molar-refractivity contribution in [2.24, 2.45) is 11.3 Å². The van der Waals surface area contributed by atoms with Crippen LogP contribution in [0.25, 0.3) is 0 Å². The fourth-order valence-electron chi connectivity index (χ4n) is 6.55. The quantitative estimate of drug-likeness (QED) is 0.235. The summed E-state index contributed by atoms with van der Waals surface area (Å²) in [5.41, 5.74) is -5.78. The molecule has 4 rings (SSSR count). The number of hydrogen-bond donors (Lipinski definition) is 2. The van der Waals surface area contributed by atoms with E-state index < -0.39 is 82.5 Å². The monoisotopic (exact) mass is 522 g/mol. The maximum Gasteiger partial charge on any atom is 0.342 e. The first-order chi connectivity index (χ1) is 17.0. The fourth-order valence-corrected chi connectivity index (χ4v) is 6.55. The number of esters is 4. The maximum atomic E-state index is 12.9. The molecule has 2 fully saturated rings. The Morgan fingerprint density at radius 3 is 2.11 bits per heavy atom. The SMILES string of the molecule is CC(=O)O[C@@H]1C/C(C)=C\[C@@H]2OC(=O)[C@]3(C)O[C@]23[C@@H](OC(C)=O)[C@H]2[C@](C)(O)[C@H](O)C=C[C@]2(C)[C@H]1OC(C)=O. The smallest absolute Gasteiger partial charge is 0.342 e. The molecule has 2 N–H and O–H groups in total. The molecule has 0 aromatic rings. The van der Waals surface area contributed by atoms with Gasteiger partial charge in [0.05, 0.1) is 5.60 Å². The number of ether oxygens (including phenoxy) is 5. The number of aliphatic hydroxyl groups excluding tert-OH is 1. The van der Waals surface area contributed by atoms with Crippen LogP contribution in [0.5, 0.6) is 0 Å². The lowest BCUT2D eigenvalue weighted by Gasteiger charge is -2.55. The van der Waals surface area contributed by atoms with E-state index in [1.54, 1.807) is 26.0 Å². The van der Waals surface area contributed by atoms with E-state index in [1.807, 2.05) is 0 Å². The summed E-state index contributed by atoms with van der Waals surface area (Å²) < 4.78 is 29.0. The lowest BCUT2D eigenvalue weighted by molar-refractivity contribution is -0.223. The molecule has 0 aromatic carbocycles. The van der Waals surface area contributed by atoms with Crippen LogP contribution in [0.2, 0.25) is 0 Å². The van der Waals surface area contributed by atoms with Crippen LogP contribution in [0.15, 0.2) is 23.8 Å². The minimum Gasteiger partial charge on any atom is -0.459 e. The molecule has 4 aliphatic rings. The Balaban J connectivity index is 2.04. The Bertz CT molecular complexity index is 1090. The van der Waals surface area contributed by atoms with Gasteiger partial charge in [-0.05, 0) is 26.8 Å². The van der Waals surface area contributed by atoms with E-state index in [0.717, 1.165) is 0 Å². The number of fused-ring (bicyclic) bond motifs is 1. The van der Waals surface area contributed by atoms with E-state index in [2.05, 4.69) is 0 Å². The molecule has 10 atom stereocenters. The molecule has 0 radical (unpaired) electrons. The van der Waals surface area contributed by atoms with Crippen molar-refractivity contribution in [3.05, 3.63) is 23.8 Å². The van der Waals surface area contributed by atoms with Crippen molar-refractivity contribution >= 4 is 23.9 Å². The van der Waals surface area contributed by atoms with Gasteiger partial charge in [0, 0.05) is 38.5 Å². The van der Waals surface area contributed by atoms with Gasteiger partial charge in [0.1, 0.15) is 24.4 Å². The van der Waals surface area contributed by atoms with Crippen LogP contribution in [0.3, 0.4) is 0 Å². The molecular formula is C26H34O11. The topological polar surface area (TPSA) is 158 Å². The third kappa shape index (κ3) is 3.98. The van der Waals surface area contributed by atoms with Gasteiger partial charge in [-0.25, -0.2) is 4.79 Å². The molecule has 2 saturated heterocycles. The third-order valence-corrected chi connectivity index (χ3v) is 8.20. The Morgan fingerprint density at radius 2 is 1.57 bits per heavy atom. The Hall–Kier alpha value is -2.76. The Kier molecular flexibility index (Phi) is 6.37. The van der Waals surface area contributed by atoms with Crippen molar-refractivity contribution < 1.29 is 53.1 Å². The Morgan fingerprint density at radius 1 is 1.00 bits per heavy atom. The zero-order valence-corrected chi connectivity index (χ0v) is 22.0. The minimum absolute atomic E-state index is 0.0947. The van der Waals surface area contributed by atoms with Crippen molar-refractivity contribution in [2.75, 3.05) is 0 Å². The van der Waals surface area contributed by atoms with E-state index in [9.17, 15) is 29.4 Å². The summed E-state index contributed by atoms with van der Waals surface area (Å²) in [6.07, 6.45) is -1.38. The van der Waals surface area contributed by atoms with Crippen LogP contribution in [-0.2, 0) is 42.9 Å². The van der Waals surface area contributed by atoms with Crippen LogP contribution >= 0.6 is 0 Å². The lowest BCUT2D eigenvalue weighted by Crippen LogP contribution is -2.68. The summed E-state index contributed by atoms with van der Waals surface area (Å²) in [5.74, 6) is -3.92. The number of carbonyl (C=O) groups excluding carboxylic acids is 4. The summed E-state index contributed by atoms with van der Waals surface area (Å²) in [5, 5.41) is 22.7. The number of hydrogen-bond acceptors (Lipinski definition) is 11. The fraction of sp³-hybridized carbons (Fsp3) is 0.692.